The van der Waals surface area contributed by atoms with E-state index in [1.165, 1.54) is 18.2 Å². The Kier molecular flexibility index (Phi) is 4.71. The van der Waals surface area contributed by atoms with Gasteiger partial charge in [0.05, 0.1) is 17.8 Å². The summed E-state index contributed by atoms with van der Waals surface area (Å²) in [5, 5.41) is 14.0. The maximum Gasteiger partial charge on any atom is 0.328 e. The van der Waals surface area contributed by atoms with Crippen LogP contribution in [0.4, 0.5) is 14.5 Å². The van der Waals surface area contributed by atoms with Gasteiger partial charge in [-0.15, -0.1) is 0 Å². The van der Waals surface area contributed by atoms with Crippen LogP contribution in [-0.4, -0.2) is 35.0 Å². The lowest BCUT2D eigenvalue weighted by atomic mass is 10.1. The lowest BCUT2D eigenvalue weighted by Crippen LogP contribution is -2.09. The summed E-state index contributed by atoms with van der Waals surface area (Å²) in [6.07, 6.45) is 2.40. The van der Waals surface area contributed by atoms with Crippen molar-refractivity contribution in [1.29, 1.82) is 0 Å². The molecular formula is C19H17F2N3O2. The number of benzene rings is 2. The molecule has 3 rings (SSSR count). The van der Waals surface area contributed by atoms with Crippen LogP contribution in [0.1, 0.15) is 11.3 Å². The fourth-order valence-corrected chi connectivity index (χ4v) is 2.67. The summed E-state index contributed by atoms with van der Waals surface area (Å²) in [5.41, 5.74) is 2.41. The summed E-state index contributed by atoms with van der Waals surface area (Å²) < 4.78 is 28.7. The minimum Gasteiger partial charge on any atom is -0.478 e. The number of hydrogen-bond donors (Lipinski definition) is 1. The van der Waals surface area contributed by atoms with Gasteiger partial charge in [0.15, 0.2) is 0 Å². The Labute approximate surface area is 148 Å². The van der Waals surface area contributed by atoms with E-state index in [-0.39, 0.29) is 6.54 Å². The smallest absolute Gasteiger partial charge is 0.328 e. The molecule has 0 unspecified atom stereocenters. The molecule has 5 nitrogen and oxygen atoms in total. The fraction of sp³-hybridized carbons (Fsp3) is 0.158. The van der Waals surface area contributed by atoms with Gasteiger partial charge in [0.1, 0.15) is 11.6 Å². The number of nitrogens with zero attached hydrogens (tertiary/aromatic N) is 3. The second-order valence-corrected chi connectivity index (χ2v) is 6.05. The van der Waals surface area contributed by atoms with Crippen molar-refractivity contribution in [2.45, 2.75) is 6.54 Å². The summed E-state index contributed by atoms with van der Waals surface area (Å²) in [4.78, 5) is 12.7. The van der Waals surface area contributed by atoms with Crippen molar-refractivity contribution in [3.05, 3.63) is 65.4 Å². The van der Waals surface area contributed by atoms with Crippen LogP contribution in [0.25, 0.3) is 17.0 Å². The molecule has 2 aromatic carbocycles. The van der Waals surface area contributed by atoms with E-state index < -0.39 is 17.6 Å². The molecule has 0 radical (unpaired) electrons. The highest BCUT2D eigenvalue weighted by Gasteiger charge is 2.13. The number of halogens is 2. The predicted octanol–water partition coefficient (Wildman–Crippen LogP) is 3.53. The van der Waals surface area contributed by atoms with Gasteiger partial charge < -0.3 is 10.0 Å². The third kappa shape index (κ3) is 3.56. The first-order valence-electron chi connectivity index (χ1n) is 7.88. The molecule has 0 amide bonds. The average Bonchev–Trinajstić information content (AvgIpc) is 2.92. The zero-order valence-electron chi connectivity index (χ0n) is 14.3. The Morgan fingerprint density at radius 2 is 2.00 bits per heavy atom. The zero-order chi connectivity index (χ0) is 18.8. The van der Waals surface area contributed by atoms with E-state index >= 15 is 0 Å². The summed E-state index contributed by atoms with van der Waals surface area (Å²) in [6, 6.07) is 9.03. The van der Waals surface area contributed by atoms with Gasteiger partial charge >= 0.3 is 5.97 Å². The van der Waals surface area contributed by atoms with Gasteiger partial charge in [-0.1, -0.05) is 6.07 Å². The summed E-state index contributed by atoms with van der Waals surface area (Å²) in [7, 11) is 3.79. The van der Waals surface area contributed by atoms with E-state index in [9.17, 15) is 13.6 Å². The summed E-state index contributed by atoms with van der Waals surface area (Å²) in [5.74, 6) is -2.38. The molecule has 1 heterocycles. The average molecular weight is 357 g/mol. The van der Waals surface area contributed by atoms with Gasteiger partial charge in [-0.05, 0) is 30.3 Å². The SMILES string of the molecule is CN(C)c1ccc2c(C=CC(=O)O)nn(Cc3ccc(F)cc3F)c2c1. The van der Waals surface area contributed by atoms with Gasteiger partial charge in [-0.25, -0.2) is 13.6 Å². The van der Waals surface area contributed by atoms with E-state index in [1.54, 1.807) is 4.68 Å². The lowest BCUT2D eigenvalue weighted by molar-refractivity contribution is -0.131. The van der Waals surface area contributed by atoms with Crippen LogP contribution in [0, 0.1) is 11.6 Å². The third-order valence-corrected chi connectivity index (χ3v) is 4.00. The molecule has 3 aromatic rings. The number of rotatable bonds is 5. The first-order chi connectivity index (χ1) is 12.3. The lowest BCUT2D eigenvalue weighted by Gasteiger charge is -2.13. The molecular weight excluding hydrogens is 340 g/mol. The summed E-state index contributed by atoms with van der Waals surface area (Å²) >= 11 is 0. The third-order valence-electron chi connectivity index (χ3n) is 4.00. The van der Waals surface area contributed by atoms with Gasteiger partial charge in [0, 0.05) is 42.9 Å². The molecule has 0 spiro atoms. The Hall–Kier alpha value is -3.22. The van der Waals surface area contributed by atoms with Crippen LogP contribution >= 0.6 is 0 Å². The van der Waals surface area contributed by atoms with Crippen LogP contribution in [0.5, 0.6) is 0 Å². The van der Waals surface area contributed by atoms with E-state index in [2.05, 4.69) is 5.10 Å². The van der Waals surface area contributed by atoms with Gasteiger partial charge in [-0.2, -0.15) is 5.10 Å². The number of anilines is 1. The topological polar surface area (TPSA) is 58.4 Å². The van der Waals surface area contributed by atoms with E-state index in [0.717, 1.165) is 28.7 Å². The molecule has 26 heavy (non-hydrogen) atoms. The van der Waals surface area contributed by atoms with Gasteiger partial charge in [0.2, 0.25) is 0 Å². The van der Waals surface area contributed by atoms with Crippen molar-refractivity contribution in [1.82, 2.24) is 9.78 Å². The number of fused-ring (bicyclic) bond motifs is 1. The number of carboxylic acid groups (broad SMARTS) is 1. The Bertz CT molecular complexity index is 1010. The van der Waals surface area contributed by atoms with Crippen molar-refractivity contribution >= 4 is 28.6 Å². The molecule has 0 bridgehead atoms. The fourth-order valence-electron chi connectivity index (χ4n) is 2.67. The number of aliphatic carboxylic acids is 1. The summed E-state index contributed by atoms with van der Waals surface area (Å²) in [6.45, 7) is 0.0976. The molecule has 1 N–H and O–H groups in total. The number of carbonyl (C=O) groups is 1. The molecule has 7 heteroatoms. The number of hydrogen-bond acceptors (Lipinski definition) is 3. The number of aromatic nitrogens is 2. The van der Waals surface area contributed by atoms with Crippen LogP contribution in [-0.2, 0) is 11.3 Å². The molecule has 0 aliphatic heterocycles. The molecule has 134 valence electrons. The molecule has 1 aromatic heterocycles. The molecule has 0 fully saturated rings. The predicted molar refractivity (Wildman–Crippen MR) is 96.2 cm³/mol. The van der Waals surface area contributed by atoms with Crippen molar-refractivity contribution in [2.24, 2.45) is 0 Å². The first kappa shape index (κ1) is 17.6. The number of carboxylic acids is 1. The molecule has 0 saturated carbocycles. The van der Waals surface area contributed by atoms with E-state index in [1.807, 2.05) is 37.2 Å². The molecule has 0 saturated heterocycles. The van der Waals surface area contributed by atoms with Crippen molar-refractivity contribution in [3.63, 3.8) is 0 Å². The molecule has 0 aliphatic rings. The zero-order valence-corrected chi connectivity index (χ0v) is 14.3. The second-order valence-electron chi connectivity index (χ2n) is 6.05. The van der Waals surface area contributed by atoms with Crippen LogP contribution in [0.3, 0.4) is 0 Å². The standard InChI is InChI=1S/C19H17F2N3O2/c1-23(2)14-5-6-15-17(7-8-19(25)26)22-24(18(15)10-14)11-12-3-4-13(20)9-16(12)21/h3-10H,11H2,1-2H3,(H,25,26). The van der Waals surface area contributed by atoms with Crippen molar-refractivity contribution < 1.29 is 18.7 Å². The van der Waals surface area contributed by atoms with E-state index in [0.29, 0.717) is 11.3 Å². The minimum atomic E-state index is -1.08. The normalized spacial score (nSPS) is 11.4. The second kappa shape index (κ2) is 6.95. The Balaban J connectivity index is 2.12. The quantitative estimate of drug-likeness (QED) is 0.710. The van der Waals surface area contributed by atoms with Crippen LogP contribution in [0.2, 0.25) is 0 Å². The highest BCUT2D eigenvalue weighted by Crippen LogP contribution is 2.26. The van der Waals surface area contributed by atoms with E-state index in [4.69, 9.17) is 5.11 Å². The van der Waals surface area contributed by atoms with Crippen molar-refractivity contribution in [3.8, 4) is 0 Å². The Morgan fingerprint density at radius 1 is 1.23 bits per heavy atom. The monoisotopic (exact) mass is 357 g/mol. The minimum absolute atomic E-state index is 0.0976. The maximum atomic E-state index is 14.0. The Morgan fingerprint density at radius 3 is 2.65 bits per heavy atom. The first-order valence-corrected chi connectivity index (χ1v) is 7.88. The highest BCUT2D eigenvalue weighted by molar-refractivity contribution is 5.93. The van der Waals surface area contributed by atoms with Gasteiger partial charge in [-0.3, -0.25) is 4.68 Å². The van der Waals surface area contributed by atoms with Crippen LogP contribution in [0.15, 0.2) is 42.5 Å². The van der Waals surface area contributed by atoms with Gasteiger partial charge in [0.25, 0.3) is 0 Å². The highest BCUT2D eigenvalue weighted by atomic mass is 19.1. The maximum absolute atomic E-state index is 14.0. The largest absolute Gasteiger partial charge is 0.478 e. The van der Waals surface area contributed by atoms with Crippen LogP contribution < -0.4 is 4.90 Å². The molecule has 0 aliphatic carbocycles. The molecule has 0 atom stereocenters. The van der Waals surface area contributed by atoms with Crippen molar-refractivity contribution in [2.75, 3.05) is 19.0 Å².